The number of carbonyl (C=O) groups excluding carboxylic acids is 1. The van der Waals surface area contributed by atoms with Gasteiger partial charge in [0, 0.05) is 10.9 Å². The fraction of sp³-hybridized carbons (Fsp3) is 0.250. The lowest BCUT2D eigenvalue weighted by atomic mass is 10.1. The first-order valence-electron chi connectivity index (χ1n) is 4.93. The van der Waals surface area contributed by atoms with Gasteiger partial charge < -0.3 is 9.72 Å². The van der Waals surface area contributed by atoms with Crippen molar-refractivity contribution in [3.63, 3.8) is 0 Å². The summed E-state index contributed by atoms with van der Waals surface area (Å²) in [5, 5.41) is 0.955. The second-order valence-corrected chi connectivity index (χ2v) is 3.46. The van der Waals surface area contributed by atoms with E-state index in [0.29, 0.717) is 5.69 Å². The van der Waals surface area contributed by atoms with Crippen LogP contribution in [0.15, 0.2) is 18.2 Å². The molecule has 1 aromatic heterocycles. The van der Waals surface area contributed by atoms with Crippen molar-refractivity contribution in [2.24, 2.45) is 0 Å². The van der Waals surface area contributed by atoms with Crippen molar-refractivity contribution in [1.29, 1.82) is 0 Å². The summed E-state index contributed by atoms with van der Waals surface area (Å²) >= 11 is 0. The summed E-state index contributed by atoms with van der Waals surface area (Å²) in [5.74, 6) is 0.814. The number of aromatic nitrogens is 1. The van der Waals surface area contributed by atoms with Crippen LogP contribution in [0.25, 0.3) is 10.9 Å². The summed E-state index contributed by atoms with van der Waals surface area (Å²) < 4.78 is 5.29. The van der Waals surface area contributed by atoms with Crippen LogP contribution in [0.5, 0.6) is 5.75 Å². The highest BCUT2D eigenvalue weighted by Crippen LogP contribution is 2.28. The number of aryl methyl sites for hydroxylation is 1. The zero-order valence-corrected chi connectivity index (χ0v) is 8.83. The SMILES string of the molecule is CCc1cc(OC)c2cc(C=O)[nH]c2c1. The smallest absolute Gasteiger partial charge is 0.166 e. The van der Waals surface area contributed by atoms with Crippen LogP contribution >= 0.6 is 0 Å². The normalized spacial score (nSPS) is 10.5. The van der Waals surface area contributed by atoms with Crippen molar-refractivity contribution < 1.29 is 9.53 Å². The lowest BCUT2D eigenvalue weighted by Crippen LogP contribution is -1.87. The maximum atomic E-state index is 10.7. The Morgan fingerprint density at radius 1 is 1.40 bits per heavy atom. The molecule has 0 fully saturated rings. The summed E-state index contributed by atoms with van der Waals surface area (Å²) in [6, 6.07) is 5.86. The molecule has 0 unspecified atom stereocenters. The van der Waals surface area contributed by atoms with Crippen molar-refractivity contribution in [2.45, 2.75) is 13.3 Å². The molecule has 0 saturated heterocycles. The Balaban J connectivity index is 2.71. The first kappa shape index (κ1) is 9.77. The van der Waals surface area contributed by atoms with Gasteiger partial charge in [-0.1, -0.05) is 6.92 Å². The van der Waals surface area contributed by atoms with Gasteiger partial charge in [-0.3, -0.25) is 4.79 Å². The van der Waals surface area contributed by atoms with Crippen LogP contribution in [0.3, 0.4) is 0 Å². The molecule has 0 radical (unpaired) electrons. The molecule has 0 aliphatic rings. The largest absolute Gasteiger partial charge is 0.496 e. The molecule has 0 atom stereocenters. The van der Waals surface area contributed by atoms with Gasteiger partial charge in [-0.2, -0.15) is 0 Å². The second kappa shape index (κ2) is 3.77. The number of H-pyrrole nitrogens is 1. The van der Waals surface area contributed by atoms with Crippen LogP contribution < -0.4 is 4.74 Å². The highest BCUT2D eigenvalue weighted by atomic mass is 16.5. The number of carbonyl (C=O) groups is 1. The Morgan fingerprint density at radius 3 is 2.80 bits per heavy atom. The number of ether oxygens (including phenoxy) is 1. The lowest BCUT2D eigenvalue weighted by molar-refractivity contribution is 0.112. The van der Waals surface area contributed by atoms with Crippen molar-refractivity contribution >= 4 is 17.2 Å². The molecule has 3 heteroatoms. The molecule has 0 saturated carbocycles. The molecule has 3 nitrogen and oxygen atoms in total. The van der Waals surface area contributed by atoms with E-state index in [-0.39, 0.29) is 0 Å². The zero-order valence-electron chi connectivity index (χ0n) is 8.83. The van der Waals surface area contributed by atoms with E-state index >= 15 is 0 Å². The first-order valence-corrected chi connectivity index (χ1v) is 4.93. The Labute approximate surface area is 88.1 Å². The van der Waals surface area contributed by atoms with Crippen LogP contribution in [0.4, 0.5) is 0 Å². The van der Waals surface area contributed by atoms with Gasteiger partial charge in [0.2, 0.25) is 0 Å². The fourth-order valence-electron chi connectivity index (χ4n) is 1.72. The number of aromatic amines is 1. The molecule has 78 valence electrons. The molecule has 0 spiro atoms. The van der Waals surface area contributed by atoms with Crippen molar-refractivity contribution in [1.82, 2.24) is 4.98 Å². The van der Waals surface area contributed by atoms with Gasteiger partial charge in [0.25, 0.3) is 0 Å². The molecule has 15 heavy (non-hydrogen) atoms. The number of hydrogen-bond donors (Lipinski definition) is 1. The van der Waals surface area contributed by atoms with E-state index < -0.39 is 0 Å². The Kier molecular flexibility index (Phi) is 2.46. The summed E-state index contributed by atoms with van der Waals surface area (Å²) in [6.07, 6.45) is 1.76. The molecule has 0 bridgehead atoms. The average Bonchev–Trinajstić information content (AvgIpc) is 2.70. The summed E-state index contributed by atoms with van der Waals surface area (Å²) in [6.45, 7) is 2.09. The van der Waals surface area contributed by atoms with Crippen LogP contribution in [0, 0.1) is 0 Å². The van der Waals surface area contributed by atoms with Crippen LogP contribution in [-0.2, 0) is 6.42 Å². The number of benzene rings is 1. The molecular weight excluding hydrogens is 190 g/mol. The number of rotatable bonds is 3. The Hall–Kier alpha value is -1.77. The fourth-order valence-corrected chi connectivity index (χ4v) is 1.72. The Morgan fingerprint density at radius 2 is 2.20 bits per heavy atom. The second-order valence-electron chi connectivity index (χ2n) is 3.46. The molecule has 2 aromatic rings. The third kappa shape index (κ3) is 1.61. The van der Waals surface area contributed by atoms with E-state index in [1.54, 1.807) is 13.2 Å². The zero-order chi connectivity index (χ0) is 10.8. The van der Waals surface area contributed by atoms with Crippen molar-refractivity contribution in [3.05, 3.63) is 29.5 Å². The van der Waals surface area contributed by atoms with E-state index in [1.807, 2.05) is 12.1 Å². The minimum Gasteiger partial charge on any atom is -0.496 e. The first-order chi connectivity index (χ1) is 7.28. The van der Waals surface area contributed by atoms with E-state index in [2.05, 4.69) is 11.9 Å². The van der Waals surface area contributed by atoms with Gasteiger partial charge in [0.15, 0.2) is 6.29 Å². The summed E-state index contributed by atoms with van der Waals surface area (Å²) in [5.41, 5.74) is 2.73. The predicted molar refractivity (Wildman–Crippen MR) is 59.6 cm³/mol. The monoisotopic (exact) mass is 203 g/mol. The summed E-state index contributed by atoms with van der Waals surface area (Å²) in [7, 11) is 1.64. The van der Waals surface area contributed by atoms with Gasteiger partial charge in [0.05, 0.1) is 12.8 Å². The van der Waals surface area contributed by atoms with Crippen LogP contribution in [-0.4, -0.2) is 18.4 Å². The van der Waals surface area contributed by atoms with Crippen molar-refractivity contribution in [2.75, 3.05) is 7.11 Å². The van der Waals surface area contributed by atoms with Gasteiger partial charge in [0.1, 0.15) is 5.75 Å². The Bertz CT molecular complexity index is 500. The van der Waals surface area contributed by atoms with Crippen LogP contribution in [0.1, 0.15) is 23.0 Å². The predicted octanol–water partition coefficient (Wildman–Crippen LogP) is 2.55. The van der Waals surface area contributed by atoms with E-state index in [1.165, 1.54) is 5.56 Å². The maximum Gasteiger partial charge on any atom is 0.166 e. The quantitative estimate of drug-likeness (QED) is 0.779. The number of hydrogen-bond acceptors (Lipinski definition) is 2. The standard InChI is InChI=1S/C12H13NO2/c1-3-8-4-11-10(12(5-8)15-2)6-9(7-14)13-11/h4-7,13H,3H2,1-2H3. The average molecular weight is 203 g/mol. The third-order valence-corrected chi connectivity index (χ3v) is 2.54. The van der Waals surface area contributed by atoms with E-state index in [0.717, 1.165) is 29.4 Å². The summed E-state index contributed by atoms with van der Waals surface area (Å²) in [4.78, 5) is 13.7. The molecule has 1 heterocycles. The highest BCUT2D eigenvalue weighted by Gasteiger charge is 2.07. The lowest BCUT2D eigenvalue weighted by Gasteiger charge is -2.04. The van der Waals surface area contributed by atoms with Gasteiger partial charge in [-0.25, -0.2) is 0 Å². The number of nitrogens with one attached hydrogen (secondary N) is 1. The minimum absolute atomic E-state index is 0.580. The van der Waals surface area contributed by atoms with Crippen molar-refractivity contribution in [3.8, 4) is 5.75 Å². The van der Waals surface area contributed by atoms with E-state index in [4.69, 9.17) is 4.74 Å². The molecule has 1 aromatic carbocycles. The van der Waals surface area contributed by atoms with Gasteiger partial charge >= 0.3 is 0 Å². The van der Waals surface area contributed by atoms with Gasteiger partial charge in [-0.15, -0.1) is 0 Å². The molecule has 0 aliphatic heterocycles. The number of methoxy groups -OCH3 is 1. The molecule has 2 rings (SSSR count). The topological polar surface area (TPSA) is 42.1 Å². The highest BCUT2D eigenvalue weighted by molar-refractivity contribution is 5.92. The molecular formula is C12H13NO2. The maximum absolute atomic E-state index is 10.7. The minimum atomic E-state index is 0.580. The van der Waals surface area contributed by atoms with Crippen LogP contribution in [0.2, 0.25) is 0 Å². The molecule has 1 N–H and O–H groups in total. The van der Waals surface area contributed by atoms with Gasteiger partial charge in [-0.05, 0) is 30.2 Å². The number of fused-ring (bicyclic) bond motifs is 1. The number of aldehydes is 1. The molecule has 0 amide bonds. The molecule has 0 aliphatic carbocycles. The third-order valence-electron chi connectivity index (χ3n) is 2.54. The van der Waals surface area contributed by atoms with E-state index in [9.17, 15) is 4.79 Å².